The van der Waals surface area contributed by atoms with E-state index < -0.39 is 0 Å². The van der Waals surface area contributed by atoms with E-state index in [2.05, 4.69) is 10.6 Å². The predicted molar refractivity (Wildman–Crippen MR) is 82.8 cm³/mol. The zero-order valence-electron chi connectivity index (χ0n) is 12.8. The molecule has 0 aromatic heterocycles. The molecule has 2 rings (SSSR count). The van der Waals surface area contributed by atoms with Gasteiger partial charge in [-0.1, -0.05) is 0 Å². The molecule has 1 saturated heterocycles. The SMILES string of the molecule is COc1ccc(NC(=O)CCOC2CCNCC2)c(C)c1. The van der Waals surface area contributed by atoms with Crippen LogP contribution in [0.4, 0.5) is 5.69 Å². The first kappa shape index (κ1) is 15.8. The molecular formula is C16H24N2O3. The fourth-order valence-corrected chi connectivity index (χ4v) is 2.40. The summed E-state index contributed by atoms with van der Waals surface area (Å²) in [5, 5.41) is 6.21. The zero-order valence-corrected chi connectivity index (χ0v) is 12.8. The minimum absolute atomic E-state index is 0.0165. The Hall–Kier alpha value is -1.59. The molecule has 0 spiro atoms. The average Bonchev–Trinajstić information content (AvgIpc) is 2.50. The molecule has 116 valence electrons. The van der Waals surface area contributed by atoms with Crippen molar-refractivity contribution in [1.29, 1.82) is 0 Å². The van der Waals surface area contributed by atoms with E-state index in [1.54, 1.807) is 7.11 Å². The molecule has 0 bridgehead atoms. The molecule has 5 nitrogen and oxygen atoms in total. The van der Waals surface area contributed by atoms with Crippen LogP contribution < -0.4 is 15.4 Å². The molecule has 1 aromatic rings. The Labute approximate surface area is 126 Å². The quantitative estimate of drug-likeness (QED) is 0.843. The van der Waals surface area contributed by atoms with Crippen molar-refractivity contribution in [1.82, 2.24) is 5.32 Å². The second-order valence-electron chi connectivity index (χ2n) is 5.30. The maximum Gasteiger partial charge on any atom is 0.226 e. The lowest BCUT2D eigenvalue weighted by atomic mass is 10.1. The number of rotatable bonds is 6. The highest BCUT2D eigenvalue weighted by atomic mass is 16.5. The van der Waals surface area contributed by atoms with Crippen molar-refractivity contribution in [3.8, 4) is 5.75 Å². The van der Waals surface area contributed by atoms with E-state index in [1.165, 1.54) is 0 Å². The molecule has 0 atom stereocenters. The monoisotopic (exact) mass is 292 g/mol. The van der Waals surface area contributed by atoms with E-state index in [9.17, 15) is 4.79 Å². The average molecular weight is 292 g/mol. The number of hydrogen-bond acceptors (Lipinski definition) is 4. The summed E-state index contributed by atoms with van der Waals surface area (Å²) in [5.74, 6) is 0.775. The molecule has 1 heterocycles. The Morgan fingerprint density at radius 3 is 2.81 bits per heavy atom. The summed E-state index contributed by atoms with van der Waals surface area (Å²) in [6.45, 7) is 4.43. The van der Waals surface area contributed by atoms with Gasteiger partial charge in [-0.25, -0.2) is 0 Å². The van der Waals surface area contributed by atoms with Gasteiger partial charge in [0.1, 0.15) is 5.75 Å². The summed E-state index contributed by atoms with van der Waals surface area (Å²) in [7, 11) is 1.63. The molecule has 0 radical (unpaired) electrons. The number of ether oxygens (including phenoxy) is 2. The van der Waals surface area contributed by atoms with Gasteiger partial charge in [0.25, 0.3) is 0 Å². The van der Waals surface area contributed by atoms with Gasteiger partial charge >= 0.3 is 0 Å². The van der Waals surface area contributed by atoms with E-state index >= 15 is 0 Å². The maximum atomic E-state index is 11.9. The van der Waals surface area contributed by atoms with E-state index in [0.29, 0.717) is 19.1 Å². The number of amides is 1. The molecule has 1 amide bonds. The number of piperidine rings is 1. The molecule has 0 aliphatic carbocycles. The van der Waals surface area contributed by atoms with Crippen molar-refractivity contribution in [3.63, 3.8) is 0 Å². The molecule has 1 aromatic carbocycles. The van der Waals surface area contributed by atoms with Crippen LogP contribution in [0.25, 0.3) is 0 Å². The van der Waals surface area contributed by atoms with Crippen LogP contribution in [0.5, 0.6) is 5.75 Å². The van der Waals surface area contributed by atoms with Gasteiger partial charge in [-0.2, -0.15) is 0 Å². The normalized spacial score (nSPS) is 15.7. The second kappa shape index (κ2) is 8.00. The Bertz CT molecular complexity index is 471. The minimum atomic E-state index is -0.0165. The summed E-state index contributed by atoms with van der Waals surface area (Å²) in [4.78, 5) is 11.9. The highest BCUT2D eigenvalue weighted by molar-refractivity contribution is 5.91. The summed E-state index contributed by atoms with van der Waals surface area (Å²) in [5.41, 5.74) is 1.81. The van der Waals surface area contributed by atoms with Gasteiger partial charge in [-0.15, -0.1) is 0 Å². The van der Waals surface area contributed by atoms with Crippen LogP contribution >= 0.6 is 0 Å². The highest BCUT2D eigenvalue weighted by Gasteiger charge is 2.13. The van der Waals surface area contributed by atoms with Crippen molar-refractivity contribution in [2.24, 2.45) is 0 Å². The number of carbonyl (C=O) groups is 1. The molecule has 1 aliphatic heterocycles. The van der Waals surface area contributed by atoms with E-state index in [0.717, 1.165) is 42.9 Å². The number of methoxy groups -OCH3 is 1. The minimum Gasteiger partial charge on any atom is -0.497 e. The lowest BCUT2D eigenvalue weighted by Crippen LogP contribution is -2.33. The van der Waals surface area contributed by atoms with Gasteiger partial charge in [0.2, 0.25) is 5.91 Å². The third-order valence-corrected chi connectivity index (χ3v) is 3.68. The number of hydrogen-bond donors (Lipinski definition) is 2. The van der Waals surface area contributed by atoms with Crippen LogP contribution in [0, 0.1) is 6.92 Å². The van der Waals surface area contributed by atoms with E-state index in [-0.39, 0.29) is 5.91 Å². The van der Waals surface area contributed by atoms with Crippen molar-refractivity contribution < 1.29 is 14.3 Å². The van der Waals surface area contributed by atoms with Gasteiger partial charge in [-0.3, -0.25) is 4.79 Å². The van der Waals surface area contributed by atoms with Crippen molar-refractivity contribution in [2.75, 3.05) is 32.1 Å². The Morgan fingerprint density at radius 2 is 2.14 bits per heavy atom. The number of aryl methyl sites for hydroxylation is 1. The van der Waals surface area contributed by atoms with Crippen molar-refractivity contribution in [2.45, 2.75) is 32.3 Å². The van der Waals surface area contributed by atoms with Gasteiger partial charge in [-0.05, 0) is 56.6 Å². The second-order valence-corrected chi connectivity index (χ2v) is 5.30. The van der Waals surface area contributed by atoms with Crippen molar-refractivity contribution >= 4 is 11.6 Å². The first-order valence-electron chi connectivity index (χ1n) is 7.46. The van der Waals surface area contributed by atoms with Gasteiger partial charge < -0.3 is 20.1 Å². The molecule has 1 fully saturated rings. The third-order valence-electron chi connectivity index (χ3n) is 3.68. The number of anilines is 1. The Kier molecular flexibility index (Phi) is 6.02. The fourth-order valence-electron chi connectivity index (χ4n) is 2.40. The third kappa shape index (κ3) is 5.02. The Balaban J connectivity index is 1.73. The predicted octanol–water partition coefficient (Wildman–Crippen LogP) is 2.10. The standard InChI is InChI=1S/C16H24N2O3/c1-12-11-14(20-2)3-4-15(12)18-16(19)7-10-21-13-5-8-17-9-6-13/h3-4,11,13,17H,5-10H2,1-2H3,(H,18,19). The molecule has 0 saturated carbocycles. The van der Waals surface area contributed by atoms with Crippen LogP contribution in [0.1, 0.15) is 24.8 Å². The molecule has 21 heavy (non-hydrogen) atoms. The first-order valence-corrected chi connectivity index (χ1v) is 7.46. The lowest BCUT2D eigenvalue weighted by Gasteiger charge is -2.22. The van der Waals surface area contributed by atoms with Crippen LogP contribution in [0.3, 0.4) is 0 Å². The number of carbonyl (C=O) groups excluding carboxylic acids is 1. The maximum absolute atomic E-state index is 11.9. The van der Waals surface area contributed by atoms with Crippen LogP contribution in [-0.2, 0) is 9.53 Å². The molecule has 1 aliphatic rings. The van der Waals surface area contributed by atoms with Gasteiger partial charge in [0.15, 0.2) is 0 Å². The Morgan fingerprint density at radius 1 is 1.38 bits per heavy atom. The molecule has 2 N–H and O–H groups in total. The topological polar surface area (TPSA) is 59.6 Å². The summed E-state index contributed by atoms with van der Waals surface area (Å²) in [6.07, 6.45) is 2.73. The largest absolute Gasteiger partial charge is 0.497 e. The van der Waals surface area contributed by atoms with E-state index in [1.807, 2.05) is 25.1 Å². The number of benzene rings is 1. The summed E-state index contributed by atoms with van der Waals surface area (Å²) < 4.78 is 10.9. The lowest BCUT2D eigenvalue weighted by molar-refractivity contribution is -0.117. The number of nitrogens with one attached hydrogen (secondary N) is 2. The molecule has 5 heteroatoms. The first-order chi connectivity index (χ1) is 10.2. The summed E-state index contributed by atoms with van der Waals surface area (Å²) in [6, 6.07) is 5.61. The van der Waals surface area contributed by atoms with Crippen LogP contribution in [0.2, 0.25) is 0 Å². The highest BCUT2D eigenvalue weighted by Crippen LogP contribution is 2.21. The fraction of sp³-hybridized carbons (Fsp3) is 0.562. The zero-order chi connectivity index (χ0) is 15.1. The van der Waals surface area contributed by atoms with Gasteiger partial charge in [0.05, 0.1) is 26.2 Å². The van der Waals surface area contributed by atoms with E-state index in [4.69, 9.17) is 9.47 Å². The molecule has 0 unspecified atom stereocenters. The van der Waals surface area contributed by atoms with Crippen LogP contribution in [-0.4, -0.2) is 38.8 Å². The molecular weight excluding hydrogens is 268 g/mol. The van der Waals surface area contributed by atoms with Gasteiger partial charge in [0, 0.05) is 5.69 Å². The van der Waals surface area contributed by atoms with Crippen LogP contribution in [0.15, 0.2) is 18.2 Å². The van der Waals surface area contributed by atoms with Crippen molar-refractivity contribution in [3.05, 3.63) is 23.8 Å². The smallest absolute Gasteiger partial charge is 0.226 e. The summed E-state index contributed by atoms with van der Waals surface area (Å²) >= 11 is 0.